The standard InChI is InChI=1S/C18H26F2N2O/c1-14(16-12-15(19)8-9-17(16)20)21(2)13-18(23)22-10-6-4-3-5-7-11-22/h8-9,12,14H,3-7,10-11,13H2,1-2H3. The van der Waals surface area contributed by atoms with Crippen LogP contribution in [0.4, 0.5) is 8.78 Å². The van der Waals surface area contributed by atoms with Gasteiger partial charge in [0.1, 0.15) is 11.6 Å². The molecule has 0 saturated carbocycles. The maximum absolute atomic E-state index is 13.9. The van der Waals surface area contributed by atoms with Crippen LogP contribution in [0.5, 0.6) is 0 Å². The molecular weight excluding hydrogens is 298 g/mol. The predicted octanol–water partition coefficient (Wildman–Crippen LogP) is 3.75. The number of halogens is 2. The second kappa shape index (κ2) is 8.39. The van der Waals surface area contributed by atoms with E-state index >= 15 is 0 Å². The van der Waals surface area contributed by atoms with Gasteiger partial charge in [0.05, 0.1) is 6.54 Å². The number of benzene rings is 1. The Kier molecular flexibility index (Phi) is 6.51. The van der Waals surface area contributed by atoms with Gasteiger partial charge >= 0.3 is 0 Å². The van der Waals surface area contributed by atoms with Crippen LogP contribution in [-0.2, 0) is 4.79 Å². The smallest absolute Gasteiger partial charge is 0.236 e. The van der Waals surface area contributed by atoms with E-state index in [1.165, 1.54) is 25.3 Å². The fourth-order valence-corrected chi connectivity index (χ4v) is 3.02. The topological polar surface area (TPSA) is 23.6 Å². The summed E-state index contributed by atoms with van der Waals surface area (Å²) in [7, 11) is 1.77. The van der Waals surface area contributed by atoms with E-state index < -0.39 is 11.6 Å². The third-order valence-corrected chi connectivity index (χ3v) is 4.66. The predicted molar refractivity (Wildman–Crippen MR) is 87.1 cm³/mol. The van der Waals surface area contributed by atoms with Crippen molar-refractivity contribution in [2.45, 2.75) is 45.1 Å². The van der Waals surface area contributed by atoms with Gasteiger partial charge in [-0.1, -0.05) is 19.3 Å². The summed E-state index contributed by atoms with van der Waals surface area (Å²) in [5.41, 5.74) is 0.285. The lowest BCUT2D eigenvalue weighted by Crippen LogP contribution is -2.41. The van der Waals surface area contributed by atoms with Gasteiger partial charge < -0.3 is 4.90 Å². The molecule has 128 valence electrons. The molecule has 2 rings (SSSR count). The van der Waals surface area contributed by atoms with Crippen molar-refractivity contribution in [3.05, 3.63) is 35.4 Å². The molecule has 1 saturated heterocycles. The van der Waals surface area contributed by atoms with E-state index in [-0.39, 0.29) is 24.1 Å². The zero-order valence-electron chi connectivity index (χ0n) is 14.0. The monoisotopic (exact) mass is 324 g/mol. The van der Waals surface area contributed by atoms with E-state index in [1.54, 1.807) is 18.9 Å². The second-order valence-corrected chi connectivity index (χ2v) is 6.41. The molecule has 1 aromatic carbocycles. The van der Waals surface area contributed by atoms with Crippen molar-refractivity contribution in [1.82, 2.24) is 9.80 Å². The Balaban J connectivity index is 1.97. The largest absolute Gasteiger partial charge is 0.342 e. The molecule has 0 aromatic heterocycles. The zero-order chi connectivity index (χ0) is 16.8. The normalized spacial score (nSPS) is 17.7. The van der Waals surface area contributed by atoms with Crippen molar-refractivity contribution < 1.29 is 13.6 Å². The lowest BCUT2D eigenvalue weighted by molar-refractivity contribution is -0.133. The third-order valence-electron chi connectivity index (χ3n) is 4.66. The Morgan fingerprint density at radius 2 is 1.78 bits per heavy atom. The van der Waals surface area contributed by atoms with Crippen LogP contribution in [-0.4, -0.2) is 42.4 Å². The van der Waals surface area contributed by atoms with Gasteiger partial charge in [-0.15, -0.1) is 0 Å². The molecule has 5 heteroatoms. The van der Waals surface area contributed by atoms with E-state index in [4.69, 9.17) is 0 Å². The van der Waals surface area contributed by atoms with Crippen molar-refractivity contribution in [3.63, 3.8) is 0 Å². The zero-order valence-corrected chi connectivity index (χ0v) is 14.0. The number of carbonyl (C=O) groups is 1. The van der Waals surface area contributed by atoms with Gasteiger partial charge in [0.15, 0.2) is 0 Å². The number of carbonyl (C=O) groups excluding carboxylic acids is 1. The van der Waals surface area contributed by atoms with Gasteiger partial charge in [0.25, 0.3) is 0 Å². The highest BCUT2D eigenvalue weighted by Crippen LogP contribution is 2.23. The molecule has 0 aliphatic carbocycles. The Morgan fingerprint density at radius 1 is 1.17 bits per heavy atom. The number of likely N-dealkylation sites (N-methyl/N-ethyl adjacent to an activating group) is 1. The van der Waals surface area contributed by atoms with Crippen molar-refractivity contribution in [2.24, 2.45) is 0 Å². The highest BCUT2D eigenvalue weighted by atomic mass is 19.1. The maximum atomic E-state index is 13.9. The number of hydrogen-bond acceptors (Lipinski definition) is 2. The first-order valence-electron chi connectivity index (χ1n) is 8.42. The molecule has 0 radical (unpaired) electrons. The van der Waals surface area contributed by atoms with Gasteiger partial charge in [0, 0.05) is 24.7 Å². The molecule has 1 unspecified atom stereocenters. The van der Waals surface area contributed by atoms with Crippen LogP contribution in [0, 0.1) is 11.6 Å². The molecule has 0 spiro atoms. The molecule has 3 nitrogen and oxygen atoms in total. The highest BCUT2D eigenvalue weighted by Gasteiger charge is 2.21. The Morgan fingerprint density at radius 3 is 2.43 bits per heavy atom. The second-order valence-electron chi connectivity index (χ2n) is 6.41. The van der Waals surface area contributed by atoms with Crippen LogP contribution in [0.2, 0.25) is 0 Å². The molecule has 1 fully saturated rings. The number of nitrogens with zero attached hydrogens (tertiary/aromatic N) is 2. The van der Waals surface area contributed by atoms with Gasteiger partial charge in [-0.05, 0) is 45.0 Å². The quantitative estimate of drug-likeness (QED) is 0.842. The summed E-state index contributed by atoms with van der Waals surface area (Å²) in [6.07, 6.45) is 5.68. The molecule has 1 heterocycles. The van der Waals surface area contributed by atoms with Crippen LogP contribution in [0.25, 0.3) is 0 Å². The first-order chi connectivity index (χ1) is 11.0. The average Bonchev–Trinajstić information content (AvgIpc) is 2.48. The number of hydrogen-bond donors (Lipinski definition) is 0. The Hall–Kier alpha value is -1.49. The SMILES string of the molecule is CC(c1cc(F)ccc1F)N(C)CC(=O)N1CCCCCCC1. The van der Waals surface area contributed by atoms with Crippen molar-refractivity contribution in [1.29, 1.82) is 0 Å². The Labute approximate surface area is 137 Å². The molecule has 0 bridgehead atoms. The summed E-state index contributed by atoms with van der Waals surface area (Å²) in [4.78, 5) is 16.2. The van der Waals surface area contributed by atoms with Gasteiger partial charge in [-0.3, -0.25) is 9.69 Å². The summed E-state index contributed by atoms with van der Waals surface area (Å²) < 4.78 is 27.2. The van der Waals surface area contributed by atoms with Crippen LogP contribution < -0.4 is 0 Å². The molecular formula is C18H26F2N2O. The molecule has 1 atom stereocenters. The highest BCUT2D eigenvalue weighted by molar-refractivity contribution is 5.78. The van der Waals surface area contributed by atoms with E-state index in [0.717, 1.165) is 38.1 Å². The Bertz CT molecular complexity index is 528. The summed E-state index contributed by atoms with van der Waals surface area (Å²) in [6.45, 7) is 3.61. The first-order valence-corrected chi connectivity index (χ1v) is 8.42. The van der Waals surface area contributed by atoms with E-state index in [2.05, 4.69) is 0 Å². The summed E-state index contributed by atoms with van der Waals surface area (Å²) in [6, 6.07) is 3.09. The van der Waals surface area contributed by atoms with E-state index in [1.807, 2.05) is 4.90 Å². The van der Waals surface area contributed by atoms with Gasteiger partial charge in [0.2, 0.25) is 5.91 Å². The fourth-order valence-electron chi connectivity index (χ4n) is 3.02. The number of likely N-dealkylation sites (tertiary alicyclic amines) is 1. The summed E-state index contributed by atoms with van der Waals surface area (Å²) in [5.74, 6) is -0.834. The number of rotatable bonds is 4. The third kappa shape index (κ3) is 4.99. The maximum Gasteiger partial charge on any atom is 0.236 e. The first kappa shape index (κ1) is 17.9. The molecule has 0 N–H and O–H groups in total. The lowest BCUT2D eigenvalue weighted by Gasteiger charge is -2.30. The van der Waals surface area contributed by atoms with Crippen LogP contribution in [0.3, 0.4) is 0 Å². The van der Waals surface area contributed by atoms with Crippen LogP contribution in [0.1, 0.15) is 50.6 Å². The molecule has 1 aliphatic rings. The fraction of sp³-hybridized carbons (Fsp3) is 0.611. The minimum absolute atomic E-state index is 0.0676. The van der Waals surface area contributed by atoms with Crippen LogP contribution >= 0.6 is 0 Å². The molecule has 1 amide bonds. The van der Waals surface area contributed by atoms with Gasteiger partial charge in [-0.2, -0.15) is 0 Å². The summed E-state index contributed by atoms with van der Waals surface area (Å²) >= 11 is 0. The minimum Gasteiger partial charge on any atom is -0.342 e. The average molecular weight is 324 g/mol. The van der Waals surface area contributed by atoms with E-state index in [0.29, 0.717) is 0 Å². The summed E-state index contributed by atoms with van der Waals surface area (Å²) in [5, 5.41) is 0. The van der Waals surface area contributed by atoms with Gasteiger partial charge in [-0.25, -0.2) is 8.78 Å². The van der Waals surface area contributed by atoms with Crippen molar-refractivity contribution in [2.75, 3.05) is 26.7 Å². The van der Waals surface area contributed by atoms with E-state index in [9.17, 15) is 13.6 Å². The van der Waals surface area contributed by atoms with Crippen LogP contribution in [0.15, 0.2) is 18.2 Å². The number of amides is 1. The van der Waals surface area contributed by atoms with Crippen molar-refractivity contribution >= 4 is 5.91 Å². The molecule has 23 heavy (non-hydrogen) atoms. The lowest BCUT2D eigenvalue weighted by atomic mass is 10.1. The molecule has 1 aromatic rings. The molecule has 1 aliphatic heterocycles. The van der Waals surface area contributed by atoms with Crippen molar-refractivity contribution in [3.8, 4) is 0 Å². The minimum atomic E-state index is -0.461.